The van der Waals surface area contributed by atoms with Crippen LogP contribution < -0.4 is 20.1 Å². The number of ether oxygens (including phenoxy) is 3. The fourth-order valence-corrected chi connectivity index (χ4v) is 2.87. The molecule has 0 radical (unpaired) electrons. The molecule has 0 unspecified atom stereocenters. The summed E-state index contributed by atoms with van der Waals surface area (Å²) in [5, 5.41) is 6.38. The van der Waals surface area contributed by atoms with E-state index in [0.29, 0.717) is 29.9 Å². The monoisotopic (exact) mass is 528 g/mol. The molecule has 1 aromatic rings. The summed E-state index contributed by atoms with van der Waals surface area (Å²) in [6.45, 7) is 0.616. The van der Waals surface area contributed by atoms with Crippen molar-refractivity contribution in [2.75, 3.05) is 47.5 Å². The summed E-state index contributed by atoms with van der Waals surface area (Å²) in [7, 11) is 4.90. The summed E-state index contributed by atoms with van der Waals surface area (Å²) in [5.41, 5.74) is 0.558. The molecular formula is C19H31F2IN4O3. The lowest BCUT2D eigenvalue weighted by atomic mass is 10.2. The maximum atomic E-state index is 12.6. The molecule has 1 aromatic carbocycles. The predicted molar refractivity (Wildman–Crippen MR) is 120 cm³/mol. The molecule has 1 saturated carbocycles. The molecule has 1 fully saturated rings. The smallest absolute Gasteiger partial charge is 0.387 e. The Kier molecular flexibility index (Phi) is 12.2. The lowest BCUT2D eigenvalue weighted by molar-refractivity contribution is -0.0504. The SMILES string of the molecule is CN=C(NCCN(CCOC)C1CC1)NCc1cc(OC)ccc1OC(F)F.I. The molecule has 10 heteroatoms. The van der Waals surface area contributed by atoms with Crippen LogP contribution in [0.2, 0.25) is 0 Å². The molecule has 0 bridgehead atoms. The zero-order chi connectivity index (χ0) is 20.4. The van der Waals surface area contributed by atoms with Crippen LogP contribution in [-0.2, 0) is 11.3 Å². The second-order valence-corrected chi connectivity index (χ2v) is 6.46. The number of benzene rings is 1. The highest BCUT2D eigenvalue weighted by molar-refractivity contribution is 14.0. The van der Waals surface area contributed by atoms with E-state index in [2.05, 4.69) is 25.3 Å². The molecule has 7 nitrogen and oxygen atoms in total. The van der Waals surface area contributed by atoms with Gasteiger partial charge >= 0.3 is 6.61 Å². The van der Waals surface area contributed by atoms with E-state index in [4.69, 9.17) is 9.47 Å². The van der Waals surface area contributed by atoms with Crippen LogP contribution in [0.5, 0.6) is 11.5 Å². The molecule has 0 amide bonds. The van der Waals surface area contributed by atoms with E-state index in [9.17, 15) is 8.78 Å². The van der Waals surface area contributed by atoms with E-state index in [0.717, 1.165) is 19.6 Å². The van der Waals surface area contributed by atoms with Crippen molar-refractivity contribution in [3.8, 4) is 11.5 Å². The van der Waals surface area contributed by atoms with Gasteiger partial charge in [-0.3, -0.25) is 9.89 Å². The largest absolute Gasteiger partial charge is 0.497 e. The normalized spacial score (nSPS) is 14.0. The Morgan fingerprint density at radius 1 is 1.24 bits per heavy atom. The molecule has 0 atom stereocenters. The minimum Gasteiger partial charge on any atom is -0.497 e. The Labute approximate surface area is 188 Å². The number of alkyl halides is 2. The summed E-state index contributed by atoms with van der Waals surface area (Å²) in [6, 6.07) is 5.37. The van der Waals surface area contributed by atoms with Gasteiger partial charge in [0.2, 0.25) is 0 Å². The highest BCUT2D eigenvalue weighted by atomic mass is 127. The van der Waals surface area contributed by atoms with Crippen LogP contribution >= 0.6 is 24.0 Å². The van der Waals surface area contributed by atoms with Gasteiger partial charge in [0.25, 0.3) is 0 Å². The number of halogens is 3. The van der Waals surface area contributed by atoms with Crippen LogP contribution in [0.1, 0.15) is 18.4 Å². The zero-order valence-electron chi connectivity index (χ0n) is 17.1. The molecule has 166 valence electrons. The molecule has 0 saturated heterocycles. The number of hydrogen-bond acceptors (Lipinski definition) is 5. The van der Waals surface area contributed by atoms with Crippen LogP contribution in [0, 0.1) is 0 Å². The van der Waals surface area contributed by atoms with Crippen LogP contribution in [-0.4, -0.2) is 71.0 Å². The average molecular weight is 528 g/mol. The Bertz CT molecular complexity index is 633. The fraction of sp³-hybridized carbons (Fsp3) is 0.632. The lowest BCUT2D eigenvalue weighted by Crippen LogP contribution is -2.42. The summed E-state index contributed by atoms with van der Waals surface area (Å²) in [5.74, 6) is 1.27. The Morgan fingerprint density at radius 2 is 2.00 bits per heavy atom. The van der Waals surface area contributed by atoms with Gasteiger partial charge in [0, 0.05) is 51.9 Å². The van der Waals surface area contributed by atoms with Crippen molar-refractivity contribution in [3.05, 3.63) is 23.8 Å². The first-order valence-electron chi connectivity index (χ1n) is 9.36. The van der Waals surface area contributed by atoms with Crippen molar-refractivity contribution in [1.82, 2.24) is 15.5 Å². The topological polar surface area (TPSA) is 67.4 Å². The first-order chi connectivity index (χ1) is 13.6. The number of nitrogens with one attached hydrogen (secondary N) is 2. The quantitative estimate of drug-likeness (QED) is 0.247. The number of methoxy groups -OCH3 is 2. The molecule has 0 heterocycles. The third-order valence-corrected chi connectivity index (χ3v) is 4.49. The molecular weight excluding hydrogens is 497 g/mol. The van der Waals surface area contributed by atoms with Gasteiger partial charge in [-0.25, -0.2) is 0 Å². The summed E-state index contributed by atoms with van der Waals surface area (Å²) >= 11 is 0. The molecule has 1 aliphatic carbocycles. The number of aliphatic imine (C=N–C) groups is 1. The maximum Gasteiger partial charge on any atom is 0.387 e. The van der Waals surface area contributed by atoms with E-state index >= 15 is 0 Å². The number of guanidine groups is 1. The summed E-state index contributed by atoms with van der Waals surface area (Å²) in [4.78, 5) is 6.59. The van der Waals surface area contributed by atoms with Gasteiger partial charge < -0.3 is 24.8 Å². The minimum atomic E-state index is -2.88. The number of nitrogens with zero attached hydrogens (tertiary/aromatic N) is 2. The average Bonchev–Trinajstić information content (AvgIpc) is 3.52. The van der Waals surface area contributed by atoms with E-state index in [1.165, 1.54) is 26.0 Å². The molecule has 0 aromatic heterocycles. The molecule has 2 N–H and O–H groups in total. The number of hydrogen-bond donors (Lipinski definition) is 2. The van der Waals surface area contributed by atoms with Crippen molar-refractivity contribution < 1.29 is 23.0 Å². The van der Waals surface area contributed by atoms with Crippen molar-refractivity contribution in [3.63, 3.8) is 0 Å². The van der Waals surface area contributed by atoms with Crippen molar-refractivity contribution >= 4 is 29.9 Å². The van der Waals surface area contributed by atoms with Crippen molar-refractivity contribution in [2.24, 2.45) is 4.99 Å². The van der Waals surface area contributed by atoms with Crippen LogP contribution in [0.25, 0.3) is 0 Å². The van der Waals surface area contributed by atoms with Crippen molar-refractivity contribution in [2.45, 2.75) is 32.0 Å². The Balaban J connectivity index is 0.00000420. The second kappa shape index (κ2) is 13.8. The van der Waals surface area contributed by atoms with Gasteiger partial charge in [0.05, 0.1) is 13.7 Å². The van der Waals surface area contributed by atoms with E-state index in [1.54, 1.807) is 26.3 Å². The zero-order valence-corrected chi connectivity index (χ0v) is 19.5. The maximum absolute atomic E-state index is 12.6. The molecule has 29 heavy (non-hydrogen) atoms. The molecule has 0 spiro atoms. The van der Waals surface area contributed by atoms with E-state index < -0.39 is 6.61 Å². The second-order valence-electron chi connectivity index (χ2n) is 6.46. The van der Waals surface area contributed by atoms with Crippen LogP contribution in [0.4, 0.5) is 8.78 Å². The van der Waals surface area contributed by atoms with Crippen LogP contribution in [0.15, 0.2) is 23.2 Å². The third-order valence-electron chi connectivity index (χ3n) is 4.49. The minimum absolute atomic E-state index is 0. The van der Waals surface area contributed by atoms with Gasteiger partial charge in [-0.15, -0.1) is 24.0 Å². The van der Waals surface area contributed by atoms with E-state index in [-0.39, 0.29) is 36.3 Å². The molecule has 1 aliphatic rings. The summed E-state index contributed by atoms with van der Waals surface area (Å²) in [6.07, 6.45) is 2.47. The molecule has 0 aliphatic heterocycles. The van der Waals surface area contributed by atoms with Gasteiger partial charge in [0.1, 0.15) is 11.5 Å². The highest BCUT2D eigenvalue weighted by Gasteiger charge is 2.28. The Hall–Kier alpha value is -1.40. The fourth-order valence-electron chi connectivity index (χ4n) is 2.87. The first kappa shape index (κ1) is 25.6. The van der Waals surface area contributed by atoms with Crippen LogP contribution in [0.3, 0.4) is 0 Å². The van der Waals surface area contributed by atoms with E-state index in [1.807, 2.05) is 0 Å². The standard InChI is InChI=1S/C19H30F2N4O3.HI/c1-22-19(23-8-9-25(10-11-26-2)15-4-5-15)24-13-14-12-16(27-3)6-7-17(14)28-18(20)21;/h6-7,12,15,18H,4-5,8-11,13H2,1-3H3,(H2,22,23,24);1H. The predicted octanol–water partition coefficient (Wildman–Crippen LogP) is 2.69. The van der Waals surface area contributed by atoms with Gasteiger partial charge in [-0.1, -0.05) is 0 Å². The van der Waals surface area contributed by atoms with Gasteiger partial charge in [0.15, 0.2) is 5.96 Å². The highest BCUT2D eigenvalue weighted by Crippen LogP contribution is 2.26. The lowest BCUT2D eigenvalue weighted by Gasteiger charge is -2.22. The summed E-state index contributed by atoms with van der Waals surface area (Å²) < 4.78 is 40.2. The molecule has 2 rings (SSSR count). The van der Waals surface area contributed by atoms with Gasteiger partial charge in [-0.05, 0) is 31.0 Å². The van der Waals surface area contributed by atoms with Gasteiger partial charge in [-0.2, -0.15) is 8.78 Å². The Morgan fingerprint density at radius 3 is 2.59 bits per heavy atom. The number of rotatable bonds is 12. The third kappa shape index (κ3) is 9.30. The first-order valence-corrected chi connectivity index (χ1v) is 9.36. The van der Waals surface area contributed by atoms with Crippen molar-refractivity contribution in [1.29, 1.82) is 0 Å².